The van der Waals surface area contributed by atoms with Crippen molar-refractivity contribution in [3.8, 4) is 0 Å². The standard InChI is InChI=1S/C22H23FN6O4/c23-19-14-27(11-12-28(19)21(30)32-15-16-7-3-1-4-8-16)20-18(13-25-26-24)33-22(31)29(20)17-9-5-2-6-10-17/h1-10,18-20H,11-15H2. The first-order chi connectivity index (χ1) is 16.1. The molecule has 0 saturated carbocycles. The van der Waals surface area contributed by atoms with Gasteiger partial charge in [-0.05, 0) is 23.2 Å². The maximum Gasteiger partial charge on any atom is 0.416 e. The molecule has 0 spiro atoms. The molecule has 2 amide bonds. The van der Waals surface area contributed by atoms with Gasteiger partial charge in [0.2, 0.25) is 0 Å². The van der Waals surface area contributed by atoms with Gasteiger partial charge in [0.05, 0.1) is 13.1 Å². The Kier molecular flexibility index (Phi) is 6.92. The van der Waals surface area contributed by atoms with Crippen LogP contribution in [0.1, 0.15) is 5.56 Å². The number of anilines is 1. The third-order valence-corrected chi connectivity index (χ3v) is 5.57. The summed E-state index contributed by atoms with van der Waals surface area (Å²) in [6.07, 6.45) is -4.46. The van der Waals surface area contributed by atoms with E-state index in [1.165, 1.54) is 4.90 Å². The molecular formula is C22H23FN6O4. The zero-order valence-electron chi connectivity index (χ0n) is 17.7. The van der Waals surface area contributed by atoms with Crippen molar-refractivity contribution in [3.63, 3.8) is 0 Å². The van der Waals surface area contributed by atoms with Crippen molar-refractivity contribution in [2.24, 2.45) is 5.11 Å². The first-order valence-corrected chi connectivity index (χ1v) is 10.5. The van der Waals surface area contributed by atoms with Gasteiger partial charge in [0.1, 0.15) is 18.9 Å². The molecule has 11 heteroatoms. The summed E-state index contributed by atoms with van der Waals surface area (Å²) in [5.74, 6) is 0. The lowest BCUT2D eigenvalue weighted by molar-refractivity contribution is -0.0273. The molecule has 4 rings (SSSR count). The fourth-order valence-corrected chi connectivity index (χ4v) is 4.02. The van der Waals surface area contributed by atoms with Gasteiger partial charge in [-0.15, -0.1) is 0 Å². The molecule has 172 valence electrons. The normalized spacial score (nSPS) is 23.1. The van der Waals surface area contributed by atoms with Crippen LogP contribution in [-0.4, -0.2) is 66.7 Å². The minimum atomic E-state index is -1.64. The molecule has 0 bridgehead atoms. The number of piperazine rings is 1. The van der Waals surface area contributed by atoms with E-state index in [4.69, 9.17) is 15.0 Å². The number of hydrogen-bond acceptors (Lipinski definition) is 6. The van der Waals surface area contributed by atoms with Crippen LogP contribution in [0.4, 0.5) is 19.7 Å². The molecule has 2 aromatic rings. The number of carbonyl (C=O) groups is 2. The van der Waals surface area contributed by atoms with Crippen molar-refractivity contribution in [1.29, 1.82) is 0 Å². The van der Waals surface area contributed by atoms with E-state index in [0.29, 0.717) is 5.69 Å². The molecule has 2 saturated heterocycles. The molecule has 33 heavy (non-hydrogen) atoms. The van der Waals surface area contributed by atoms with Gasteiger partial charge in [0.15, 0.2) is 6.30 Å². The Hall–Kier alpha value is -3.82. The smallest absolute Gasteiger partial charge is 0.416 e. The molecule has 10 nitrogen and oxygen atoms in total. The highest BCUT2D eigenvalue weighted by Gasteiger charge is 2.48. The van der Waals surface area contributed by atoms with Gasteiger partial charge in [0, 0.05) is 23.7 Å². The molecule has 3 unspecified atom stereocenters. The van der Waals surface area contributed by atoms with Gasteiger partial charge in [-0.2, -0.15) is 0 Å². The molecule has 2 aromatic carbocycles. The van der Waals surface area contributed by atoms with E-state index in [-0.39, 0.29) is 32.8 Å². The van der Waals surface area contributed by atoms with Crippen LogP contribution in [0.5, 0.6) is 0 Å². The number of alkyl halides is 1. The number of hydrogen-bond donors (Lipinski definition) is 0. The van der Waals surface area contributed by atoms with Crippen LogP contribution in [-0.2, 0) is 16.1 Å². The number of carbonyl (C=O) groups excluding carboxylic acids is 2. The maximum absolute atomic E-state index is 15.1. The Morgan fingerprint density at radius 3 is 2.52 bits per heavy atom. The van der Waals surface area contributed by atoms with Gasteiger partial charge >= 0.3 is 12.2 Å². The number of rotatable bonds is 6. The lowest BCUT2D eigenvalue weighted by atomic mass is 10.1. The minimum Gasteiger partial charge on any atom is -0.444 e. The summed E-state index contributed by atoms with van der Waals surface area (Å²) in [6, 6.07) is 18.0. The number of amides is 2. The van der Waals surface area contributed by atoms with Gasteiger partial charge < -0.3 is 9.47 Å². The third kappa shape index (κ3) is 5.00. The average Bonchev–Trinajstić information content (AvgIpc) is 3.18. The van der Waals surface area contributed by atoms with Crippen molar-refractivity contribution in [3.05, 3.63) is 76.7 Å². The van der Waals surface area contributed by atoms with Crippen LogP contribution < -0.4 is 4.90 Å². The summed E-state index contributed by atoms with van der Waals surface area (Å²) in [7, 11) is 0. The summed E-state index contributed by atoms with van der Waals surface area (Å²) in [4.78, 5) is 32.0. The molecule has 0 radical (unpaired) electrons. The molecule has 0 N–H and O–H groups in total. The number of halogens is 1. The second kappa shape index (κ2) is 10.2. The Morgan fingerprint density at radius 1 is 1.15 bits per heavy atom. The summed E-state index contributed by atoms with van der Waals surface area (Å²) >= 11 is 0. The van der Waals surface area contributed by atoms with Crippen molar-refractivity contribution < 1.29 is 23.5 Å². The molecular weight excluding hydrogens is 431 g/mol. The number of ether oxygens (including phenoxy) is 2. The third-order valence-electron chi connectivity index (χ3n) is 5.57. The Bertz CT molecular complexity index is 1020. The fraction of sp³-hybridized carbons (Fsp3) is 0.364. The van der Waals surface area contributed by atoms with Gasteiger partial charge in [-0.1, -0.05) is 53.6 Å². The zero-order chi connectivity index (χ0) is 23.2. The first kappa shape index (κ1) is 22.4. The van der Waals surface area contributed by atoms with E-state index in [1.54, 1.807) is 29.2 Å². The predicted octanol–water partition coefficient (Wildman–Crippen LogP) is 3.90. The van der Waals surface area contributed by atoms with Gasteiger partial charge in [-0.3, -0.25) is 14.7 Å². The average molecular weight is 454 g/mol. The van der Waals surface area contributed by atoms with Crippen LogP contribution in [0.2, 0.25) is 0 Å². The van der Waals surface area contributed by atoms with E-state index in [0.717, 1.165) is 10.5 Å². The number of cyclic esters (lactones) is 1. The van der Waals surface area contributed by atoms with E-state index in [9.17, 15) is 9.59 Å². The van der Waals surface area contributed by atoms with Crippen LogP contribution in [0, 0.1) is 0 Å². The highest BCUT2D eigenvalue weighted by Crippen LogP contribution is 2.31. The van der Waals surface area contributed by atoms with Crippen molar-refractivity contribution in [2.45, 2.75) is 25.2 Å². The largest absolute Gasteiger partial charge is 0.444 e. The van der Waals surface area contributed by atoms with Crippen LogP contribution in [0.15, 0.2) is 65.8 Å². The lowest BCUT2D eigenvalue weighted by Crippen LogP contribution is -2.61. The molecule has 3 atom stereocenters. The van der Waals surface area contributed by atoms with Crippen LogP contribution in [0.3, 0.4) is 0 Å². The van der Waals surface area contributed by atoms with Gasteiger partial charge in [-0.25, -0.2) is 14.0 Å². The number of benzene rings is 2. The number of para-hydroxylation sites is 1. The molecule has 2 aliphatic heterocycles. The predicted molar refractivity (Wildman–Crippen MR) is 117 cm³/mol. The summed E-state index contributed by atoms with van der Waals surface area (Å²) < 4.78 is 25.8. The summed E-state index contributed by atoms with van der Waals surface area (Å²) in [5.41, 5.74) is 10.1. The van der Waals surface area contributed by atoms with Crippen LogP contribution in [0.25, 0.3) is 10.4 Å². The lowest BCUT2D eigenvalue weighted by Gasteiger charge is -2.42. The molecule has 0 aromatic heterocycles. The van der Waals surface area contributed by atoms with Gasteiger partial charge in [0.25, 0.3) is 0 Å². The van der Waals surface area contributed by atoms with E-state index in [2.05, 4.69) is 10.0 Å². The van der Waals surface area contributed by atoms with E-state index < -0.39 is 30.8 Å². The highest BCUT2D eigenvalue weighted by atomic mass is 19.1. The SMILES string of the molecule is [N-]=[N+]=NCC1OC(=O)N(c2ccccc2)C1N1CCN(C(=O)OCc2ccccc2)C(F)C1. The van der Waals surface area contributed by atoms with Crippen LogP contribution >= 0.6 is 0 Å². The monoisotopic (exact) mass is 454 g/mol. The summed E-state index contributed by atoms with van der Waals surface area (Å²) in [6.45, 7) is 0.145. The fourth-order valence-electron chi connectivity index (χ4n) is 4.02. The van der Waals surface area contributed by atoms with E-state index in [1.807, 2.05) is 36.4 Å². The Balaban J connectivity index is 1.46. The second-order valence-electron chi connectivity index (χ2n) is 7.62. The second-order valence-corrected chi connectivity index (χ2v) is 7.62. The first-order valence-electron chi connectivity index (χ1n) is 10.5. The molecule has 2 aliphatic rings. The van der Waals surface area contributed by atoms with Crippen molar-refractivity contribution in [2.75, 3.05) is 31.1 Å². The van der Waals surface area contributed by atoms with Crippen molar-refractivity contribution in [1.82, 2.24) is 9.80 Å². The van der Waals surface area contributed by atoms with Crippen molar-refractivity contribution >= 4 is 17.9 Å². The quantitative estimate of drug-likeness (QED) is 0.284. The highest BCUT2D eigenvalue weighted by molar-refractivity contribution is 5.90. The maximum atomic E-state index is 15.1. The minimum absolute atomic E-state index is 0.0492. The molecule has 0 aliphatic carbocycles. The summed E-state index contributed by atoms with van der Waals surface area (Å²) in [5, 5.41) is 3.55. The van der Waals surface area contributed by atoms with E-state index >= 15 is 4.39 Å². The Labute approximate surface area is 189 Å². The molecule has 2 heterocycles. The topological polar surface area (TPSA) is 111 Å². The number of nitrogens with zero attached hydrogens (tertiary/aromatic N) is 6. The molecule has 2 fully saturated rings. The number of azide groups is 1. The zero-order valence-corrected chi connectivity index (χ0v) is 17.7. The Morgan fingerprint density at radius 2 is 1.85 bits per heavy atom.